The Kier molecular flexibility index (Phi) is 4.22. The molecule has 0 saturated carbocycles. The van der Waals surface area contributed by atoms with Crippen LogP contribution in [0.4, 0.5) is 17.2 Å². The molecule has 2 aromatic rings. The lowest BCUT2D eigenvalue weighted by Crippen LogP contribution is -2.00. The van der Waals surface area contributed by atoms with Crippen LogP contribution >= 0.6 is 11.6 Å². The fourth-order valence-electron chi connectivity index (χ4n) is 1.63. The number of nitrogens with one attached hydrogen (secondary N) is 2. The Labute approximate surface area is 117 Å². The number of hydrogen-bond donors (Lipinski definition) is 2. The van der Waals surface area contributed by atoms with Crippen molar-refractivity contribution in [2.45, 2.75) is 6.92 Å². The molecule has 0 unspecified atom stereocenters. The molecule has 1 heterocycles. The minimum atomic E-state index is 0.515. The molecule has 1 aromatic heterocycles. The Morgan fingerprint density at radius 2 is 2.16 bits per heavy atom. The highest BCUT2D eigenvalue weighted by Gasteiger charge is 2.03. The molecule has 0 aliphatic rings. The number of hydrogen-bond acceptors (Lipinski definition) is 4. The average Bonchev–Trinajstić information content (AvgIpc) is 2.42. The molecular weight excluding hydrogens is 260 g/mol. The summed E-state index contributed by atoms with van der Waals surface area (Å²) in [6.45, 7) is 2.83. The number of nitrogens with zero attached hydrogens (tertiary/aromatic N) is 2. The zero-order chi connectivity index (χ0) is 13.7. The summed E-state index contributed by atoms with van der Waals surface area (Å²) in [6.07, 6.45) is 1.72. The van der Waals surface area contributed by atoms with E-state index in [0.29, 0.717) is 10.6 Å². The van der Waals surface area contributed by atoms with Crippen LogP contribution in [0.2, 0.25) is 5.02 Å². The first kappa shape index (κ1) is 13.2. The lowest BCUT2D eigenvalue weighted by Gasteiger charge is -2.10. The zero-order valence-corrected chi connectivity index (χ0v) is 11.2. The Morgan fingerprint density at radius 3 is 2.84 bits per heavy atom. The smallest absolute Gasteiger partial charge is 0.127 e. The van der Waals surface area contributed by atoms with Gasteiger partial charge in [-0.2, -0.15) is 5.26 Å². The summed E-state index contributed by atoms with van der Waals surface area (Å²) in [5.74, 6) is 0.803. The van der Waals surface area contributed by atoms with E-state index >= 15 is 0 Å². The van der Waals surface area contributed by atoms with Gasteiger partial charge in [0.15, 0.2) is 0 Å². The van der Waals surface area contributed by atoms with Crippen molar-refractivity contribution in [1.82, 2.24) is 4.98 Å². The van der Waals surface area contributed by atoms with Crippen molar-refractivity contribution in [3.63, 3.8) is 0 Å². The van der Waals surface area contributed by atoms with Gasteiger partial charge in [0.2, 0.25) is 0 Å². The van der Waals surface area contributed by atoms with Crippen LogP contribution < -0.4 is 10.6 Å². The van der Waals surface area contributed by atoms with Gasteiger partial charge in [-0.1, -0.05) is 11.6 Å². The van der Waals surface area contributed by atoms with Gasteiger partial charge < -0.3 is 10.6 Å². The number of rotatable bonds is 4. The fraction of sp³-hybridized carbons (Fsp3) is 0.143. The highest BCUT2D eigenvalue weighted by atomic mass is 35.5. The minimum Gasteiger partial charge on any atom is -0.370 e. The van der Waals surface area contributed by atoms with Crippen LogP contribution in [-0.4, -0.2) is 11.5 Å². The highest BCUT2D eigenvalue weighted by Crippen LogP contribution is 2.26. The molecule has 0 radical (unpaired) electrons. The molecule has 96 valence electrons. The van der Waals surface area contributed by atoms with Crippen molar-refractivity contribution in [2.24, 2.45) is 0 Å². The highest BCUT2D eigenvalue weighted by molar-refractivity contribution is 6.33. The molecule has 0 fully saturated rings. The van der Waals surface area contributed by atoms with Gasteiger partial charge in [-0.05, 0) is 31.2 Å². The van der Waals surface area contributed by atoms with Crippen molar-refractivity contribution >= 4 is 28.8 Å². The number of benzene rings is 1. The van der Waals surface area contributed by atoms with Crippen LogP contribution in [0.3, 0.4) is 0 Å². The molecule has 0 aliphatic heterocycles. The van der Waals surface area contributed by atoms with Crippen LogP contribution in [0.5, 0.6) is 0 Å². The summed E-state index contributed by atoms with van der Waals surface area (Å²) in [7, 11) is 0. The first-order valence-corrected chi connectivity index (χ1v) is 6.27. The van der Waals surface area contributed by atoms with Crippen molar-refractivity contribution in [3.8, 4) is 6.07 Å². The van der Waals surface area contributed by atoms with Crippen LogP contribution in [0.1, 0.15) is 12.5 Å². The van der Waals surface area contributed by atoms with Crippen molar-refractivity contribution in [2.75, 3.05) is 17.2 Å². The zero-order valence-electron chi connectivity index (χ0n) is 10.4. The van der Waals surface area contributed by atoms with Gasteiger partial charge in [0.05, 0.1) is 22.3 Å². The molecule has 19 heavy (non-hydrogen) atoms. The summed E-state index contributed by atoms with van der Waals surface area (Å²) in [6, 6.07) is 11.0. The number of aromatic nitrogens is 1. The molecule has 0 atom stereocenters. The molecule has 0 bridgehead atoms. The number of anilines is 3. The lowest BCUT2D eigenvalue weighted by molar-refractivity contribution is 1.16. The van der Waals surface area contributed by atoms with Crippen LogP contribution in [-0.2, 0) is 0 Å². The van der Waals surface area contributed by atoms with Crippen LogP contribution in [0, 0.1) is 11.3 Å². The molecule has 0 aliphatic carbocycles. The van der Waals surface area contributed by atoms with E-state index in [1.165, 1.54) is 0 Å². The molecule has 2 N–H and O–H groups in total. The van der Waals surface area contributed by atoms with E-state index in [1.54, 1.807) is 24.4 Å². The van der Waals surface area contributed by atoms with Gasteiger partial charge >= 0.3 is 0 Å². The third-order valence-corrected chi connectivity index (χ3v) is 2.81. The van der Waals surface area contributed by atoms with Crippen LogP contribution in [0.15, 0.2) is 36.5 Å². The lowest BCUT2D eigenvalue weighted by atomic mass is 10.2. The predicted octanol–water partition coefficient (Wildman–Crippen LogP) is 3.78. The van der Waals surface area contributed by atoms with Crippen LogP contribution in [0.25, 0.3) is 0 Å². The first-order valence-electron chi connectivity index (χ1n) is 5.89. The third kappa shape index (κ3) is 3.36. The van der Waals surface area contributed by atoms with E-state index in [1.807, 2.05) is 19.1 Å². The summed E-state index contributed by atoms with van der Waals surface area (Å²) in [4.78, 5) is 4.19. The number of nitriles is 1. The Bertz CT molecular complexity index is 619. The van der Waals surface area contributed by atoms with E-state index in [4.69, 9.17) is 16.9 Å². The van der Waals surface area contributed by atoms with Gasteiger partial charge in [0.25, 0.3) is 0 Å². The molecule has 1 aromatic carbocycles. The third-order valence-electron chi connectivity index (χ3n) is 2.50. The van der Waals surface area contributed by atoms with Gasteiger partial charge in [-0.3, -0.25) is 0 Å². The predicted molar refractivity (Wildman–Crippen MR) is 77.9 cm³/mol. The van der Waals surface area contributed by atoms with Crippen molar-refractivity contribution < 1.29 is 0 Å². The van der Waals surface area contributed by atoms with Gasteiger partial charge in [0.1, 0.15) is 5.82 Å². The van der Waals surface area contributed by atoms with E-state index in [-0.39, 0.29) is 0 Å². The van der Waals surface area contributed by atoms with Gasteiger partial charge in [-0.15, -0.1) is 0 Å². The SMILES string of the molecule is CCNc1cc(Nc2ccc(C#N)cc2Cl)ccn1. The molecular formula is C14H13ClN4. The molecule has 0 amide bonds. The minimum absolute atomic E-state index is 0.515. The normalized spacial score (nSPS) is 9.74. The maximum atomic E-state index is 8.79. The molecule has 0 saturated heterocycles. The van der Waals surface area contributed by atoms with Crippen molar-refractivity contribution in [1.29, 1.82) is 5.26 Å². The van der Waals surface area contributed by atoms with Gasteiger partial charge in [-0.25, -0.2) is 4.98 Å². The standard InChI is InChI=1S/C14H13ClN4/c1-2-17-14-8-11(5-6-18-14)19-13-4-3-10(9-16)7-12(13)15/h3-8H,2H2,1H3,(H2,17,18,19). The van der Waals surface area contributed by atoms with E-state index in [2.05, 4.69) is 21.7 Å². The Balaban J connectivity index is 2.21. The molecule has 0 spiro atoms. The quantitative estimate of drug-likeness (QED) is 0.889. The second kappa shape index (κ2) is 6.07. The second-order valence-corrected chi connectivity index (χ2v) is 4.30. The van der Waals surface area contributed by atoms with Crippen molar-refractivity contribution in [3.05, 3.63) is 47.1 Å². The maximum absolute atomic E-state index is 8.79. The summed E-state index contributed by atoms with van der Waals surface area (Å²) >= 11 is 6.11. The average molecular weight is 273 g/mol. The number of halogens is 1. The van der Waals surface area contributed by atoms with E-state index in [9.17, 15) is 0 Å². The summed E-state index contributed by atoms with van der Waals surface area (Å²) in [5, 5.41) is 15.6. The van der Waals surface area contributed by atoms with Gasteiger partial charge in [0, 0.05) is 24.5 Å². The topological polar surface area (TPSA) is 60.7 Å². The summed E-state index contributed by atoms with van der Waals surface area (Å²) in [5.41, 5.74) is 2.19. The Morgan fingerprint density at radius 1 is 1.32 bits per heavy atom. The molecule has 5 heteroatoms. The van der Waals surface area contributed by atoms with E-state index in [0.717, 1.165) is 23.7 Å². The second-order valence-electron chi connectivity index (χ2n) is 3.89. The summed E-state index contributed by atoms with van der Waals surface area (Å²) < 4.78 is 0. The first-order chi connectivity index (χ1) is 9.22. The number of pyridine rings is 1. The Hall–Kier alpha value is -2.25. The maximum Gasteiger partial charge on any atom is 0.127 e. The largest absolute Gasteiger partial charge is 0.370 e. The fourth-order valence-corrected chi connectivity index (χ4v) is 1.86. The monoisotopic (exact) mass is 272 g/mol. The molecule has 4 nitrogen and oxygen atoms in total. The molecule has 2 rings (SSSR count). The van der Waals surface area contributed by atoms with E-state index < -0.39 is 0 Å².